The van der Waals surface area contributed by atoms with Crippen molar-refractivity contribution in [1.29, 1.82) is 0 Å². The summed E-state index contributed by atoms with van der Waals surface area (Å²) in [5.41, 5.74) is 8.47. The van der Waals surface area contributed by atoms with Crippen molar-refractivity contribution in [2.75, 3.05) is 24.3 Å². The molecule has 104 valence electrons. The van der Waals surface area contributed by atoms with Gasteiger partial charge in [0.05, 0.1) is 11.4 Å². The van der Waals surface area contributed by atoms with Crippen molar-refractivity contribution < 1.29 is 9.47 Å². The number of halogens is 1. The number of hydrogen-bond acceptors (Lipinski definition) is 4. The van der Waals surface area contributed by atoms with Gasteiger partial charge in [-0.3, -0.25) is 0 Å². The molecule has 0 spiro atoms. The smallest absolute Gasteiger partial charge is 0.163 e. The molecule has 2 aromatic rings. The van der Waals surface area contributed by atoms with E-state index in [-0.39, 0.29) is 0 Å². The monoisotopic (exact) mass is 290 g/mol. The van der Waals surface area contributed by atoms with Crippen LogP contribution in [0.4, 0.5) is 11.4 Å². The Hall–Kier alpha value is -2.07. The Balaban J connectivity index is 1.79. The fraction of sp³-hybridized carbons (Fsp3) is 0.200. The second kappa shape index (κ2) is 5.51. The second-order valence-corrected chi connectivity index (χ2v) is 4.94. The number of benzene rings is 2. The van der Waals surface area contributed by atoms with Gasteiger partial charge in [0.1, 0.15) is 13.2 Å². The van der Waals surface area contributed by atoms with Gasteiger partial charge < -0.3 is 20.5 Å². The highest BCUT2D eigenvalue weighted by Gasteiger charge is 2.14. The molecule has 0 aromatic heterocycles. The van der Waals surface area contributed by atoms with Gasteiger partial charge in [0.15, 0.2) is 11.5 Å². The molecule has 0 aliphatic carbocycles. The van der Waals surface area contributed by atoms with Crippen LogP contribution in [0.25, 0.3) is 0 Å². The Labute approximate surface area is 122 Å². The van der Waals surface area contributed by atoms with Gasteiger partial charge in [0.25, 0.3) is 0 Å². The fourth-order valence-corrected chi connectivity index (χ4v) is 2.29. The summed E-state index contributed by atoms with van der Waals surface area (Å²) in [7, 11) is 0. The minimum atomic E-state index is 0.554. The Morgan fingerprint density at radius 3 is 2.55 bits per heavy atom. The highest BCUT2D eigenvalue weighted by atomic mass is 35.5. The lowest BCUT2D eigenvalue weighted by atomic mass is 10.2. The Kier molecular flexibility index (Phi) is 3.56. The molecule has 0 fully saturated rings. The number of rotatable bonds is 3. The van der Waals surface area contributed by atoms with Crippen LogP contribution in [0, 0.1) is 0 Å². The van der Waals surface area contributed by atoms with Crippen LogP contribution in [-0.2, 0) is 6.54 Å². The number of nitrogens with two attached hydrogens (primary N) is 1. The number of nitrogens with one attached hydrogen (secondary N) is 1. The third-order valence-corrected chi connectivity index (χ3v) is 3.51. The molecule has 1 heterocycles. The maximum absolute atomic E-state index is 6.13. The van der Waals surface area contributed by atoms with E-state index in [9.17, 15) is 0 Å². The molecule has 0 radical (unpaired) electrons. The van der Waals surface area contributed by atoms with Gasteiger partial charge in [-0.1, -0.05) is 29.8 Å². The average molecular weight is 291 g/mol. The molecule has 0 saturated carbocycles. The van der Waals surface area contributed by atoms with E-state index >= 15 is 0 Å². The maximum atomic E-state index is 6.13. The Bertz CT molecular complexity index is 631. The van der Waals surface area contributed by atoms with Crippen molar-refractivity contribution in [1.82, 2.24) is 0 Å². The molecule has 0 saturated heterocycles. The Morgan fingerprint density at radius 2 is 1.80 bits per heavy atom. The lowest BCUT2D eigenvalue weighted by Crippen LogP contribution is -2.16. The molecule has 4 nitrogen and oxygen atoms in total. The standard InChI is InChI=1S/C15H15ClN2O2/c16-11-4-2-1-3-10(11)9-18-13-8-15-14(7-12(13)17)19-5-6-20-15/h1-4,7-8,18H,5-6,9,17H2. The second-order valence-electron chi connectivity index (χ2n) is 4.53. The first-order chi connectivity index (χ1) is 9.74. The fourth-order valence-electron chi connectivity index (χ4n) is 2.09. The molecule has 1 aliphatic heterocycles. The summed E-state index contributed by atoms with van der Waals surface area (Å²) in [6.45, 7) is 1.71. The summed E-state index contributed by atoms with van der Waals surface area (Å²) in [6.07, 6.45) is 0. The highest BCUT2D eigenvalue weighted by molar-refractivity contribution is 6.31. The van der Waals surface area contributed by atoms with E-state index in [4.69, 9.17) is 26.8 Å². The number of nitrogen functional groups attached to an aromatic ring is 1. The summed E-state index contributed by atoms with van der Waals surface area (Å²) in [5.74, 6) is 1.41. The van der Waals surface area contributed by atoms with Crippen LogP contribution in [0.1, 0.15) is 5.56 Å². The zero-order valence-corrected chi connectivity index (χ0v) is 11.6. The topological polar surface area (TPSA) is 56.5 Å². The van der Waals surface area contributed by atoms with Crippen LogP contribution >= 0.6 is 11.6 Å². The highest BCUT2D eigenvalue weighted by Crippen LogP contribution is 2.37. The molecule has 0 bridgehead atoms. The summed E-state index contributed by atoms with van der Waals surface area (Å²) >= 11 is 6.13. The van der Waals surface area contributed by atoms with Crippen LogP contribution in [0.15, 0.2) is 36.4 Å². The lowest BCUT2D eigenvalue weighted by Gasteiger charge is -2.20. The molecule has 1 aliphatic rings. The quantitative estimate of drug-likeness (QED) is 0.852. The number of fused-ring (bicyclic) bond motifs is 1. The van der Waals surface area contributed by atoms with Gasteiger partial charge in [-0.25, -0.2) is 0 Å². The van der Waals surface area contributed by atoms with Crippen molar-refractivity contribution in [2.45, 2.75) is 6.54 Å². The predicted octanol–water partition coefficient (Wildman–Crippen LogP) is 3.31. The molecule has 3 rings (SSSR count). The predicted molar refractivity (Wildman–Crippen MR) is 80.6 cm³/mol. The molecule has 0 atom stereocenters. The first-order valence-electron chi connectivity index (χ1n) is 6.40. The molecule has 3 N–H and O–H groups in total. The minimum absolute atomic E-state index is 0.554. The van der Waals surface area contributed by atoms with Gasteiger partial charge in [-0.2, -0.15) is 0 Å². The number of anilines is 2. The average Bonchev–Trinajstić information content (AvgIpc) is 2.46. The molecule has 5 heteroatoms. The van der Waals surface area contributed by atoms with E-state index in [1.807, 2.05) is 30.3 Å². The van der Waals surface area contributed by atoms with Crippen molar-refractivity contribution in [3.63, 3.8) is 0 Å². The SMILES string of the molecule is Nc1cc2c(cc1NCc1ccccc1Cl)OCCO2. The van der Waals surface area contributed by atoms with Gasteiger partial charge in [0.2, 0.25) is 0 Å². The first kappa shape index (κ1) is 12.9. The van der Waals surface area contributed by atoms with Crippen molar-refractivity contribution >= 4 is 23.0 Å². The zero-order valence-electron chi connectivity index (χ0n) is 10.9. The number of hydrogen-bond donors (Lipinski definition) is 2. The lowest BCUT2D eigenvalue weighted by molar-refractivity contribution is 0.172. The van der Waals surface area contributed by atoms with Gasteiger partial charge >= 0.3 is 0 Å². The van der Waals surface area contributed by atoms with E-state index in [1.165, 1.54) is 0 Å². The molecular formula is C15H15ClN2O2. The summed E-state index contributed by atoms with van der Waals surface area (Å²) in [5, 5.41) is 4.01. The van der Waals surface area contributed by atoms with Crippen LogP contribution < -0.4 is 20.5 Å². The number of ether oxygens (including phenoxy) is 2. The summed E-state index contributed by atoms with van der Waals surface area (Å²) < 4.78 is 11.0. The van der Waals surface area contributed by atoms with E-state index < -0.39 is 0 Å². The normalized spacial score (nSPS) is 13.1. The Morgan fingerprint density at radius 1 is 1.10 bits per heavy atom. The third kappa shape index (κ3) is 2.60. The van der Waals surface area contributed by atoms with Crippen molar-refractivity contribution in [3.05, 3.63) is 47.0 Å². The zero-order chi connectivity index (χ0) is 13.9. The van der Waals surface area contributed by atoms with Crippen LogP contribution in [0.2, 0.25) is 5.02 Å². The van der Waals surface area contributed by atoms with Crippen LogP contribution in [0.3, 0.4) is 0 Å². The van der Waals surface area contributed by atoms with Crippen molar-refractivity contribution in [3.8, 4) is 11.5 Å². The molecule has 0 amide bonds. The third-order valence-electron chi connectivity index (χ3n) is 3.14. The van der Waals surface area contributed by atoms with Crippen LogP contribution in [-0.4, -0.2) is 13.2 Å². The van der Waals surface area contributed by atoms with Gasteiger partial charge in [0, 0.05) is 23.7 Å². The van der Waals surface area contributed by atoms with E-state index in [0.717, 1.165) is 16.3 Å². The molecule has 20 heavy (non-hydrogen) atoms. The van der Waals surface area contributed by atoms with Gasteiger partial charge in [-0.15, -0.1) is 0 Å². The first-order valence-corrected chi connectivity index (χ1v) is 6.78. The van der Waals surface area contributed by atoms with E-state index in [1.54, 1.807) is 6.07 Å². The largest absolute Gasteiger partial charge is 0.486 e. The summed E-state index contributed by atoms with van der Waals surface area (Å²) in [4.78, 5) is 0. The maximum Gasteiger partial charge on any atom is 0.163 e. The molecule has 2 aromatic carbocycles. The molecule has 0 unspecified atom stereocenters. The minimum Gasteiger partial charge on any atom is -0.486 e. The molecular weight excluding hydrogens is 276 g/mol. The van der Waals surface area contributed by atoms with Gasteiger partial charge in [-0.05, 0) is 11.6 Å². The van der Waals surface area contributed by atoms with E-state index in [2.05, 4.69) is 5.32 Å². The van der Waals surface area contributed by atoms with Crippen LogP contribution in [0.5, 0.6) is 11.5 Å². The summed E-state index contributed by atoms with van der Waals surface area (Å²) in [6, 6.07) is 11.3. The van der Waals surface area contributed by atoms with E-state index in [0.29, 0.717) is 36.9 Å². The van der Waals surface area contributed by atoms with Crippen molar-refractivity contribution in [2.24, 2.45) is 0 Å².